The average Bonchev–Trinajstić information content (AvgIpc) is 2.61. The number of carboxylic acid groups (broad SMARTS) is 1. The van der Waals surface area contributed by atoms with Gasteiger partial charge >= 0.3 is 5.97 Å². The number of carboxylic acids is 1. The van der Waals surface area contributed by atoms with Gasteiger partial charge in [-0.05, 0) is 48.4 Å². The van der Waals surface area contributed by atoms with Crippen molar-refractivity contribution in [2.45, 2.75) is 19.4 Å². The van der Waals surface area contributed by atoms with E-state index in [1.54, 1.807) is 25.3 Å². The third-order valence-electron chi connectivity index (χ3n) is 3.80. The lowest BCUT2D eigenvalue weighted by atomic mass is 10.0. The van der Waals surface area contributed by atoms with Crippen LogP contribution in [0.1, 0.15) is 23.6 Å². The van der Waals surface area contributed by atoms with Crippen LogP contribution in [0.2, 0.25) is 5.02 Å². The number of rotatable bonds is 8. The average molecular weight is 396 g/mol. The molecule has 0 bridgehead atoms. The number of nitrogens with one attached hydrogen (secondary N) is 1. The van der Waals surface area contributed by atoms with Crippen LogP contribution in [0.15, 0.2) is 36.4 Å². The van der Waals surface area contributed by atoms with Gasteiger partial charge in [0.05, 0.1) is 24.6 Å². The highest BCUT2D eigenvalue weighted by Gasteiger charge is 2.19. The molecule has 0 aliphatic heterocycles. The Morgan fingerprint density at radius 1 is 1.26 bits per heavy atom. The second-order valence-electron chi connectivity index (χ2n) is 5.81. The first kappa shape index (κ1) is 20.5. The van der Waals surface area contributed by atoms with Gasteiger partial charge in [-0.25, -0.2) is 4.39 Å². The van der Waals surface area contributed by atoms with Crippen molar-refractivity contribution in [1.82, 2.24) is 5.32 Å². The minimum atomic E-state index is -1.14. The van der Waals surface area contributed by atoms with Crippen molar-refractivity contribution in [3.63, 3.8) is 0 Å². The number of carbonyl (C=O) groups is 2. The number of aryl methyl sites for hydroxylation is 1. The van der Waals surface area contributed by atoms with Crippen LogP contribution in [-0.2, 0) is 9.59 Å². The molecule has 0 saturated heterocycles. The number of carbonyl (C=O) groups excluding carboxylic acids is 1. The summed E-state index contributed by atoms with van der Waals surface area (Å²) in [5.41, 5.74) is 1.14. The number of hydrogen-bond acceptors (Lipinski definition) is 4. The molecule has 2 aromatic rings. The van der Waals surface area contributed by atoms with Crippen LogP contribution in [-0.4, -0.2) is 30.7 Å². The lowest BCUT2D eigenvalue weighted by Crippen LogP contribution is -2.34. The van der Waals surface area contributed by atoms with Gasteiger partial charge in [-0.2, -0.15) is 0 Å². The number of ether oxygens (including phenoxy) is 2. The summed E-state index contributed by atoms with van der Waals surface area (Å²) < 4.78 is 24.2. The third-order valence-corrected chi connectivity index (χ3v) is 4.10. The zero-order valence-electron chi connectivity index (χ0n) is 14.8. The molecule has 1 unspecified atom stereocenters. The predicted octanol–water partition coefficient (Wildman–Crippen LogP) is 3.51. The molecule has 0 saturated carbocycles. The van der Waals surface area contributed by atoms with Gasteiger partial charge in [0.2, 0.25) is 0 Å². The van der Waals surface area contributed by atoms with E-state index < -0.39 is 30.2 Å². The first-order valence-electron chi connectivity index (χ1n) is 8.03. The maximum absolute atomic E-state index is 13.7. The first-order chi connectivity index (χ1) is 12.8. The van der Waals surface area contributed by atoms with E-state index in [0.29, 0.717) is 17.1 Å². The topological polar surface area (TPSA) is 84.9 Å². The monoisotopic (exact) mass is 395 g/mol. The van der Waals surface area contributed by atoms with E-state index in [9.17, 15) is 14.0 Å². The molecule has 6 nitrogen and oxygen atoms in total. The highest BCUT2D eigenvalue weighted by Crippen LogP contribution is 2.24. The van der Waals surface area contributed by atoms with Crippen LogP contribution < -0.4 is 14.8 Å². The maximum Gasteiger partial charge on any atom is 0.305 e. The van der Waals surface area contributed by atoms with E-state index in [4.69, 9.17) is 26.2 Å². The molecule has 0 aromatic heterocycles. The second kappa shape index (κ2) is 9.23. The fraction of sp³-hybridized carbons (Fsp3) is 0.263. The molecule has 144 valence electrons. The summed E-state index contributed by atoms with van der Waals surface area (Å²) >= 11 is 5.64. The molecule has 2 N–H and O–H groups in total. The molecule has 8 heteroatoms. The van der Waals surface area contributed by atoms with Gasteiger partial charge in [0.1, 0.15) is 17.3 Å². The van der Waals surface area contributed by atoms with Crippen molar-refractivity contribution in [3.05, 3.63) is 58.4 Å². The lowest BCUT2D eigenvalue weighted by Gasteiger charge is -2.18. The zero-order chi connectivity index (χ0) is 20.0. The molecule has 0 aliphatic rings. The Bertz CT molecular complexity index is 843. The van der Waals surface area contributed by atoms with Crippen molar-refractivity contribution >= 4 is 23.5 Å². The van der Waals surface area contributed by atoms with E-state index in [0.717, 1.165) is 11.6 Å². The van der Waals surface area contributed by atoms with Crippen LogP contribution in [0, 0.1) is 12.7 Å². The molecule has 27 heavy (non-hydrogen) atoms. The zero-order valence-corrected chi connectivity index (χ0v) is 15.5. The van der Waals surface area contributed by atoms with Gasteiger partial charge in [0.15, 0.2) is 6.61 Å². The Morgan fingerprint density at radius 2 is 2.00 bits per heavy atom. The van der Waals surface area contributed by atoms with Crippen molar-refractivity contribution in [3.8, 4) is 11.5 Å². The molecule has 2 rings (SSSR count). The molecule has 0 radical (unpaired) electrons. The van der Waals surface area contributed by atoms with Gasteiger partial charge in [-0.15, -0.1) is 0 Å². The van der Waals surface area contributed by atoms with E-state index in [1.165, 1.54) is 12.1 Å². The Hall–Kier alpha value is -2.80. The summed E-state index contributed by atoms with van der Waals surface area (Å²) in [6.07, 6.45) is -0.408. The molecule has 1 amide bonds. The van der Waals surface area contributed by atoms with Gasteiger partial charge < -0.3 is 19.9 Å². The minimum absolute atomic E-state index is 0.0858. The number of methoxy groups -OCH3 is 1. The van der Waals surface area contributed by atoms with Gasteiger partial charge in [0, 0.05) is 0 Å². The molecule has 0 heterocycles. The highest BCUT2D eigenvalue weighted by molar-refractivity contribution is 6.30. The van der Waals surface area contributed by atoms with Crippen molar-refractivity contribution in [2.75, 3.05) is 13.7 Å². The van der Waals surface area contributed by atoms with Crippen molar-refractivity contribution in [1.29, 1.82) is 0 Å². The Balaban J connectivity index is 2.03. The second-order valence-corrected chi connectivity index (χ2v) is 6.22. The minimum Gasteiger partial charge on any atom is -0.496 e. The number of hydrogen-bond donors (Lipinski definition) is 2. The van der Waals surface area contributed by atoms with E-state index in [2.05, 4.69) is 5.32 Å². The fourth-order valence-corrected chi connectivity index (χ4v) is 2.60. The number of aliphatic carboxylic acids is 1. The third kappa shape index (κ3) is 5.86. The summed E-state index contributed by atoms with van der Waals surface area (Å²) in [5, 5.41) is 11.5. The van der Waals surface area contributed by atoms with Crippen LogP contribution in [0.3, 0.4) is 0 Å². The van der Waals surface area contributed by atoms with Crippen molar-refractivity contribution in [2.24, 2.45) is 0 Å². The van der Waals surface area contributed by atoms with Crippen LogP contribution in [0.4, 0.5) is 4.39 Å². The summed E-state index contributed by atoms with van der Waals surface area (Å²) in [5.74, 6) is -1.20. The largest absolute Gasteiger partial charge is 0.496 e. The standard InChI is InChI=1S/C19H19ClFNO5/c1-11-7-13(4-6-17(11)26-2)27-10-18(23)22-16(9-19(24)25)12-3-5-14(20)15(21)8-12/h3-8,16H,9-10H2,1-2H3,(H,22,23)(H,24,25). The smallest absolute Gasteiger partial charge is 0.305 e. The summed E-state index contributed by atoms with van der Waals surface area (Å²) in [4.78, 5) is 23.2. The van der Waals surface area contributed by atoms with Crippen molar-refractivity contribution < 1.29 is 28.6 Å². The number of benzene rings is 2. The Labute approximate surface area is 160 Å². The number of amides is 1. The SMILES string of the molecule is COc1ccc(OCC(=O)NC(CC(=O)O)c2ccc(Cl)c(F)c2)cc1C. The van der Waals surface area contributed by atoms with Crippen LogP contribution in [0.5, 0.6) is 11.5 Å². The van der Waals surface area contributed by atoms with Crippen LogP contribution >= 0.6 is 11.6 Å². The Morgan fingerprint density at radius 3 is 2.59 bits per heavy atom. The lowest BCUT2D eigenvalue weighted by molar-refractivity contribution is -0.137. The highest BCUT2D eigenvalue weighted by atomic mass is 35.5. The predicted molar refractivity (Wildman–Crippen MR) is 97.8 cm³/mol. The summed E-state index contributed by atoms with van der Waals surface area (Å²) in [6.45, 7) is 1.52. The maximum atomic E-state index is 13.7. The fourth-order valence-electron chi connectivity index (χ4n) is 2.48. The van der Waals surface area contributed by atoms with E-state index in [1.807, 2.05) is 6.92 Å². The molecular weight excluding hydrogens is 377 g/mol. The van der Waals surface area contributed by atoms with Crippen LogP contribution in [0.25, 0.3) is 0 Å². The molecule has 1 atom stereocenters. The first-order valence-corrected chi connectivity index (χ1v) is 8.41. The normalized spacial score (nSPS) is 11.6. The molecule has 2 aromatic carbocycles. The van der Waals surface area contributed by atoms with E-state index >= 15 is 0 Å². The molecule has 0 aliphatic carbocycles. The van der Waals surface area contributed by atoms with Gasteiger partial charge in [-0.3, -0.25) is 9.59 Å². The molecule has 0 fully saturated rings. The Kier molecular flexibility index (Phi) is 7.01. The quantitative estimate of drug-likeness (QED) is 0.714. The molecular formula is C19H19ClFNO5. The van der Waals surface area contributed by atoms with Gasteiger partial charge in [-0.1, -0.05) is 17.7 Å². The number of halogens is 2. The summed E-state index contributed by atoms with van der Waals surface area (Å²) in [7, 11) is 1.55. The summed E-state index contributed by atoms with van der Waals surface area (Å²) in [6, 6.07) is 8.05. The van der Waals surface area contributed by atoms with Gasteiger partial charge in [0.25, 0.3) is 5.91 Å². The van der Waals surface area contributed by atoms with E-state index in [-0.39, 0.29) is 11.6 Å². The molecule has 0 spiro atoms.